The molecule has 11 nitrogen and oxygen atoms in total. The van der Waals surface area contributed by atoms with Crippen molar-refractivity contribution in [3.05, 3.63) is 134 Å². The molecule has 7 aromatic rings. The van der Waals surface area contributed by atoms with Crippen LogP contribution in [0.5, 0.6) is 11.5 Å². The molecule has 1 atom stereocenters. The average Bonchev–Trinajstić information content (AvgIpc) is 3.55. The minimum absolute atomic E-state index is 0.00108. The maximum atomic E-state index is 13.9. The van der Waals surface area contributed by atoms with Gasteiger partial charge in [-0.3, -0.25) is 9.98 Å². The van der Waals surface area contributed by atoms with Crippen molar-refractivity contribution in [2.45, 2.75) is 124 Å². The summed E-state index contributed by atoms with van der Waals surface area (Å²) in [6.07, 6.45) is 5.55. The molecule has 2 aliphatic rings. The summed E-state index contributed by atoms with van der Waals surface area (Å²) in [5, 5.41) is 3.53. The normalized spacial score (nSPS) is 16.6. The monoisotopic (exact) mass is 942 g/mol. The summed E-state index contributed by atoms with van der Waals surface area (Å²) in [6.45, 7) is 31.0. The van der Waals surface area contributed by atoms with E-state index in [0.717, 1.165) is 69.8 Å². The summed E-state index contributed by atoms with van der Waals surface area (Å²) in [5.74, 6) is 1.70. The molecule has 0 amide bonds. The molecule has 0 fully saturated rings. The maximum absolute atomic E-state index is 13.9. The lowest BCUT2D eigenvalue weighted by Crippen LogP contribution is -2.44. The standard InChI is InChI=1S/C59H66N4O7/c1-16-48(43-31-42-49(67-55(43)65)29-38(69-56(4,5)6)30-50(42)70-57(7,8)9)66-34(3)35-17-19-46-40(25-35)41-26-36(18-20-47(41)62(46)15)45(60-14)32-61-33(2)39-27-37-28-44-52-51(53(37)68-54(39)64)59(12,13)22-24-63(52)23-21-58(44,10)11/h16-20,25-33H,3,21-24H2,1-2,4-15H3/b48-16-,60-45?,61-32?. The van der Waals surface area contributed by atoms with E-state index in [4.69, 9.17) is 28.0 Å². The van der Waals surface area contributed by atoms with Gasteiger partial charge in [-0.25, -0.2) is 9.59 Å². The second kappa shape index (κ2) is 17.2. The average molecular weight is 943 g/mol. The SMILES string of the molecule is C=C(O/C(=C\C)c1cc2c(OC(C)(C)C)cc(OC(C)(C)C)cc2oc1=O)c1ccc2c(c1)c1cc(C(C=NC(C)c3cc4cc5c6c(c4oc3=O)C(C)(C)CCN6CCC5(C)C)=NC)ccc1n2C. The number of hydrogen-bond donors (Lipinski definition) is 0. The van der Waals surface area contributed by atoms with Crippen molar-refractivity contribution in [1.82, 2.24) is 4.57 Å². The van der Waals surface area contributed by atoms with Crippen LogP contribution in [0.4, 0.5) is 5.69 Å². The molecule has 11 heteroatoms. The number of rotatable bonds is 10. The first kappa shape index (κ1) is 48.2. The lowest BCUT2D eigenvalue weighted by Gasteiger charge is -2.48. The first-order valence-electron chi connectivity index (χ1n) is 24.3. The van der Waals surface area contributed by atoms with Crippen LogP contribution in [0, 0.1) is 0 Å². The Labute approximate surface area is 410 Å². The zero-order chi connectivity index (χ0) is 50.4. The number of nitrogens with zero attached hydrogens (tertiary/aromatic N) is 4. The van der Waals surface area contributed by atoms with E-state index in [-0.39, 0.29) is 22.0 Å². The smallest absolute Gasteiger partial charge is 0.347 e. The van der Waals surface area contributed by atoms with Crippen molar-refractivity contribution in [1.29, 1.82) is 0 Å². The quantitative estimate of drug-likeness (QED) is 0.0755. The molecule has 4 aromatic carbocycles. The molecule has 0 saturated carbocycles. The Morgan fingerprint density at radius 1 is 0.800 bits per heavy atom. The first-order valence-corrected chi connectivity index (χ1v) is 24.3. The van der Waals surface area contributed by atoms with Crippen LogP contribution < -0.4 is 25.6 Å². The summed E-state index contributed by atoms with van der Waals surface area (Å²) in [6, 6.07) is 21.3. The molecular formula is C59H66N4O7. The molecule has 0 aliphatic carbocycles. The van der Waals surface area contributed by atoms with E-state index < -0.39 is 22.9 Å². The van der Waals surface area contributed by atoms with Crippen molar-refractivity contribution in [3.63, 3.8) is 0 Å². The number of aliphatic imine (C=N–C) groups is 2. The number of hydrogen-bond acceptors (Lipinski definition) is 10. The Morgan fingerprint density at radius 3 is 2.09 bits per heavy atom. The third-order valence-electron chi connectivity index (χ3n) is 13.9. The van der Waals surface area contributed by atoms with E-state index in [1.54, 1.807) is 38.4 Å². The lowest BCUT2D eigenvalue weighted by atomic mass is 9.69. The van der Waals surface area contributed by atoms with E-state index in [0.29, 0.717) is 50.8 Å². The molecule has 0 spiro atoms. The molecule has 0 saturated heterocycles. The van der Waals surface area contributed by atoms with Gasteiger partial charge in [-0.2, -0.15) is 0 Å². The molecule has 2 aliphatic heterocycles. The fourth-order valence-electron chi connectivity index (χ4n) is 10.2. The van der Waals surface area contributed by atoms with E-state index in [1.165, 1.54) is 11.3 Å². The summed E-state index contributed by atoms with van der Waals surface area (Å²) >= 11 is 0. The van der Waals surface area contributed by atoms with Crippen molar-refractivity contribution in [2.75, 3.05) is 25.0 Å². The number of aromatic nitrogens is 1. The number of anilines is 1. The van der Waals surface area contributed by atoms with Crippen LogP contribution in [0.25, 0.3) is 55.3 Å². The number of benzene rings is 4. The lowest BCUT2D eigenvalue weighted by molar-refractivity contribution is 0.122. The molecular weight excluding hydrogens is 877 g/mol. The van der Waals surface area contributed by atoms with Gasteiger partial charge in [0, 0.05) is 95.1 Å². The molecule has 0 bridgehead atoms. The second-order valence-electron chi connectivity index (χ2n) is 22.3. The van der Waals surface area contributed by atoms with Crippen LogP contribution in [-0.4, -0.2) is 47.8 Å². The third-order valence-corrected chi connectivity index (χ3v) is 13.9. The fraction of sp³-hybridized carbons (Fsp3) is 0.390. The topological polar surface area (TPSA) is 121 Å². The molecule has 0 radical (unpaired) electrons. The molecule has 5 heterocycles. The van der Waals surface area contributed by atoms with Crippen LogP contribution in [0.3, 0.4) is 0 Å². The van der Waals surface area contributed by atoms with Gasteiger partial charge in [0.25, 0.3) is 0 Å². The van der Waals surface area contributed by atoms with E-state index >= 15 is 0 Å². The zero-order valence-corrected chi connectivity index (χ0v) is 43.3. The van der Waals surface area contributed by atoms with Crippen molar-refractivity contribution < 1.29 is 23.0 Å². The summed E-state index contributed by atoms with van der Waals surface area (Å²) in [5.41, 5.74) is 7.71. The number of ether oxygens (including phenoxy) is 3. The molecule has 3 aromatic heterocycles. The highest BCUT2D eigenvalue weighted by Crippen LogP contribution is 2.52. The van der Waals surface area contributed by atoms with Crippen molar-refractivity contribution >= 4 is 72.9 Å². The van der Waals surface area contributed by atoms with Crippen molar-refractivity contribution in [2.24, 2.45) is 17.0 Å². The van der Waals surface area contributed by atoms with Gasteiger partial charge in [-0.1, -0.05) is 40.3 Å². The van der Waals surface area contributed by atoms with Crippen LogP contribution in [0.1, 0.15) is 135 Å². The van der Waals surface area contributed by atoms with Gasteiger partial charge < -0.3 is 32.5 Å². The van der Waals surface area contributed by atoms with Gasteiger partial charge in [0.15, 0.2) is 0 Å². The largest absolute Gasteiger partial charge is 0.488 e. The van der Waals surface area contributed by atoms with E-state index in [1.807, 2.05) is 85.8 Å². The Hall–Kier alpha value is -6.88. The van der Waals surface area contributed by atoms with Crippen LogP contribution >= 0.6 is 0 Å². The molecule has 9 rings (SSSR count). The molecule has 0 N–H and O–H groups in total. The Kier molecular flexibility index (Phi) is 11.8. The Balaban J connectivity index is 1.01. The van der Waals surface area contributed by atoms with Gasteiger partial charge in [0.05, 0.1) is 22.7 Å². The van der Waals surface area contributed by atoms with E-state index in [9.17, 15) is 9.59 Å². The van der Waals surface area contributed by atoms with Crippen LogP contribution in [0.2, 0.25) is 0 Å². The zero-order valence-electron chi connectivity index (χ0n) is 43.3. The van der Waals surface area contributed by atoms with Gasteiger partial charge in [-0.05, 0) is 139 Å². The highest BCUT2D eigenvalue weighted by Gasteiger charge is 2.42. The highest BCUT2D eigenvalue weighted by atomic mass is 16.5. The number of fused-ring (bicyclic) bond motifs is 6. The van der Waals surface area contributed by atoms with Gasteiger partial charge in [0.1, 0.15) is 50.9 Å². The maximum Gasteiger partial charge on any atom is 0.347 e. The van der Waals surface area contributed by atoms with Crippen molar-refractivity contribution in [3.8, 4) is 11.5 Å². The summed E-state index contributed by atoms with van der Waals surface area (Å²) < 4.78 is 33.3. The predicted octanol–water partition coefficient (Wildman–Crippen LogP) is 13.4. The number of allylic oxidation sites excluding steroid dienone is 1. The predicted molar refractivity (Wildman–Crippen MR) is 287 cm³/mol. The molecule has 70 heavy (non-hydrogen) atoms. The fourth-order valence-corrected chi connectivity index (χ4v) is 10.2. The molecule has 364 valence electrons. The first-order chi connectivity index (χ1) is 32.9. The Morgan fingerprint density at radius 2 is 1.44 bits per heavy atom. The highest BCUT2D eigenvalue weighted by molar-refractivity contribution is 6.38. The Bertz CT molecular complexity index is 3510. The van der Waals surface area contributed by atoms with Crippen LogP contribution in [0.15, 0.2) is 108 Å². The molecule has 1 unspecified atom stereocenters. The van der Waals surface area contributed by atoms with Crippen LogP contribution in [-0.2, 0) is 22.6 Å². The summed E-state index contributed by atoms with van der Waals surface area (Å²) in [4.78, 5) is 39.6. The van der Waals surface area contributed by atoms with Gasteiger partial charge in [-0.15, -0.1) is 0 Å². The van der Waals surface area contributed by atoms with Gasteiger partial charge >= 0.3 is 11.3 Å². The minimum atomic E-state index is -0.570. The second-order valence-corrected chi connectivity index (χ2v) is 22.3. The number of aryl methyl sites for hydroxylation is 1. The van der Waals surface area contributed by atoms with E-state index in [2.05, 4.69) is 73.0 Å². The third kappa shape index (κ3) is 8.84. The minimum Gasteiger partial charge on any atom is -0.488 e. The summed E-state index contributed by atoms with van der Waals surface area (Å²) in [7, 11) is 3.79. The van der Waals surface area contributed by atoms with Gasteiger partial charge in [0.2, 0.25) is 0 Å².